The summed E-state index contributed by atoms with van der Waals surface area (Å²) in [5.74, 6) is -2.26. The van der Waals surface area contributed by atoms with Crippen molar-refractivity contribution in [2.24, 2.45) is 0 Å². The van der Waals surface area contributed by atoms with Crippen LogP contribution in [0.2, 0.25) is 5.02 Å². The van der Waals surface area contributed by atoms with E-state index >= 15 is 0 Å². The average molecular weight is 362 g/mol. The molecule has 0 saturated heterocycles. The molecule has 0 aliphatic rings. The molecule has 0 heterocycles. The van der Waals surface area contributed by atoms with Crippen LogP contribution in [-0.2, 0) is 9.59 Å². The number of anilines is 2. The van der Waals surface area contributed by atoms with Gasteiger partial charge in [0.25, 0.3) is 5.69 Å². The average Bonchev–Trinajstić information content (AvgIpc) is 2.56. The van der Waals surface area contributed by atoms with E-state index in [0.717, 1.165) is 6.07 Å². The van der Waals surface area contributed by atoms with Crippen LogP contribution in [0, 0.1) is 10.1 Å². The molecule has 0 aliphatic heterocycles. The van der Waals surface area contributed by atoms with E-state index in [9.17, 15) is 24.5 Å². The number of nitrogens with zero attached hydrogens (tertiary/aromatic N) is 1. The number of hydrogen-bond acceptors (Lipinski definition) is 5. The zero-order valence-corrected chi connectivity index (χ0v) is 13.7. The van der Waals surface area contributed by atoms with Crippen LogP contribution >= 0.6 is 11.6 Å². The second-order valence-corrected chi connectivity index (χ2v) is 5.37. The number of rotatable bonds is 4. The second kappa shape index (κ2) is 7.54. The Balaban J connectivity index is 2.12. The number of benzene rings is 2. The lowest BCUT2D eigenvalue weighted by molar-refractivity contribution is -0.384. The maximum Gasteiger partial charge on any atom is 0.314 e. The first-order valence-electron chi connectivity index (χ1n) is 6.95. The molecule has 0 radical (unpaired) electrons. The predicted molar refractivity (Wildman–Crippen MR) is 91.8 cm³/mol. The van der Waals surface area contributed by atoms with Crippen molar-refractivity contribution in [3.63, 3.8) is 0 Å². The molecule has 0 aromatic heterocycles. The third-order valence-electron chi connectivity index (χ3n) is 3.14. The molecule has 0 fully saturated rings. The highest BCUT2D eigenvalue weighted by Crippen LogP contribution is 2.26. The number of carbonyl (C=O) groups is 3. The first-order chi connectivity index (χ1) is 11.8. The van der Waals surface area contributed by atoms with Crippen LogP contribution in [0.5, 0.6) is 0 Å². The van der Waals surface area contributed by atoms with Crippen LogP contribution in [0.4, 0.5) is 17.1 Å². The highest BCUT2D eigenvalue weighted by Gasteiger charge is 2.18. The topological polar surface area (TPSA) is 118 Å². The van der Waals surface area contributed by atoms with Crippen molar-refractivity contribution in [1.82, 2.24) is 0 Å². The fourth-order valence-corrected chi connectivity index (χ4v) is 2.07. The molecule has 0 atom stereocenters. The maximum absolute atomic E-state index is 12.0. The summed E-state index contributed by atoms with van der Waals surface area (Å²) in [5, 5.41) is 15.3. The predicted octanol–water partition coefficient (Wildman–Crippen LogP) is 3.03. The molecule has 0 bridgehead atoms. The van der Waals surface area contributed by atoms with E-state index in [-0.39, 0.29) is 27.9 Å². The van der Waals surface area contributed by atoms with Gasteiger partial charge >= 0.3 is 11.8 Å². The zero-order valence-electron chi connectivity index (χ0n) is 12.9. The minimum atomic E-state index is -1.06. The molecule has 128 valence electrons. The van der Waals surface area contributed by atoms with E-state index in [1.807, 2.05) is 0 Å². The molecule has 0 saturated carbocycles. The molecule has 9 heteroatoms. The highest BCUT2D eigenvalue weighted by molar-refractivity contribution is 6.44. The van der Waals surface area contributed by atoms with Crippen LogP contribution in [0.15, 0.2) is 42.5 Å². The highest BCUT2D eigenvalue weighted by atomic mass is 35.5. The molecule has 8 nitrogen and oxygen atoms in total. The van der Waals surface area contributed by atoms with Crippen molar-refractivity contribution in [2.75, 3.05) is 10.6 Å². The fraction of sp³-hybridized carbons (Fsp3) is 0.0625. The summed E-state index contributed by atoms with van der Waals surface area (Å²) >= 11 is 5.86. The van der Waals surface area contributed by atoms with E-state index in [4.69, 9.17) is 11.6 Å². The first-order valence-corrected chi connectivity index (χ1v) is 7.33. The minimum absolute atomic E-state index is 0.0466. The quantitative estimate of drug-likeness (QED) is 0.375. The summed E-state index contributed by atoms with van der Waals surface area (Å²) in [7, 11) is 0. The number of halogens is 1. The van der Waals surface area contributed by atoms with Crippen molar-refractivity contribution < 1.29 is 19.3 Å². The van der Waals surface area contributed by atoms with Gasteiger partial charge in [0.1, 0.15) is 0 Å². The number of nitro groups is 1. The number of nitrogens with one attached hydrogen (secondary N) is 2. The Hall–Kier alpha value is -3.26. The molecular formula is C16H12ClN3O5. The second-order valence-electron chi connectivity index (χ2n) is 4.97. The summed E-state index contributed by atoms with van der Waals surface area (Å²) < 4.78 is 0. The Kier molecular flexibility index (Phi) is 5.45. The molecule has 0 spiro atoms. The largest absolute Gasteiger partial charge is 0.318 e. The van der Waals surface area contributed by atoms with E-state index in [0.29, 0.717) is 5.56 Å². The Bertz CT molecular complexity index is 882. The van der Waals surface area contributed by atoms with Gasteiger partial charge in [0, 0.05) is 23.4 Å². The van der Waals surface area contributed by atoms with Gasteiger partial charge in [-0.05, 0) is 25.1 Å². The summed E-state index contributed by atoms with van der Waals surface area (Å²) in [5.41, 5.74) is 0.292. The monoisotopic (exact) mass is 361 g/mol. The van der Waals surface area contributed by atoms with E-state index in [1.165, 1.54) is 31.2 Å². The number of ketones is 1. The van der Waals surface area contributed by atoms with Gasteiger partial charge in [0.15, 0.2) is 5.78 Å². The van der Waals surface area contributed by atoms with Gasteiger partial charge in [-0.15, -0.1) is 0 Å². The summed E-state index contributed by atoms with van der Waals surface area (Å²) in [6.45, 7) is 1.37. The van der Waals surface area contributed by atoms with Crippen molar-refractivity contribution in [1.29, 1.82) is 0 Å². The Morgan fingerprint density at radius 2 is 1.72 bits per heavy atom. The molecule has 0 unspecified atom stereocenters. The third kappa shape index (κ3) is 4.61. The van der Waals surface area contributed by atoms with Crippen molar-refractivity contribution in [2.45, 2.75) is 6.92 Å². The lowest BCUT2D eigenvalue weighted by Gasteiger charge is -2.08. The molecule has 2 aromatic carbocycles. The van der Waals surface area contributed by atoms with Gasteiger partial charge in [0.05, 0.1) is 15.6 Å². The number of non-ortho nitro benzene ring substituents is 1. The van der Waals surface area contributed by atoms with Gasteiger partial charge in [0.2, 0.25) is 0 Å². The molecule has 2 N–H and O–H groups in total. The number of Topliss-reactive ketones (excluding diaryl/α,β-unsaturated/α-hetero) is 1. The summed E-state index contributed by atoms with van der Waals surface area (Å²) in [4.78, 5) is 45.3. The summed E-state index contributed by atoms with van der Waals surface area (Å²) in [6.07, 6.45) is 0. The summed E-state index contributed by atoms with van der Waals surface area (Å²) in [6, 6.07) is 9.52. The van der Waals surface area contributed by atoms with E-state index in [2.05, 4.69) is 10.6 Å². The maximum atomic E-state index is 12.0. The molecule has 2 amide bonds. The van der Waals surface area contributed by atoms with Crippen LogP contribution in [-0.4, -0.2) is 22.5 Å². The van der Waals surface area contributed by atoms with Crippen LogP contribution in [0.25, 0.3) is 0 Å². The molecule has 25 heavy (non-hydrogen) atoms. The van der Waals surface area contributed by atoms with Crippen molar-refractivity contribution >= 4 is 46.3 Å². The first kappa shape index (κ1) is 18.1. The SMILES string of the molecule is CC(=O)c1cccc(NC(=O)C(=O)Nc2cc([N+](=O)[O-])ccc2Cl)c1. The molecule has 2 aromatic rings. The Morgan fingerprint density at radius 3 is 2.36 bits per heavy atom. The lowest BCUT2D eigenvalue weighted by Crippen LogP contribution is -2.29. The standard InChI is InChI=1S/C16H12ClN3O5/c1-9(21)10-3-2-4-11(7-10)18-15(22)16(23)19-14-8-12(20(24)25)5-6-13(14)17/h2-8H,1H3,(H,18,22)(H,19,23). The minimum Gasteiger partial charge on any atom is -0.318 e. The van der Waals surface area contributed by atoms with Gasteiger partial charge in [-0.3, -0.25) is 24.5 Å². The van der Waals surface area contributed by atoms with Gasteiger partial charge in [-0.1, -0.05) is 23.7 Å². The van der Waals surface area contributed by atoms with Crippen LogP contribution < -0.4 is 10.6 Å². The van der Waals surface area contributed by atoms with E-state index < -0.39 is 16.7 Å². The van der Waals surface area contributed by atoms with Crippen LogP contribution in [0.3, 0.4) is 0 Å². The Labute approximate surface area is 146 Å². The van der Waals surface area contributed by atoms with Crippen LogP contribution in [0.1, 0.15) is 17.3 Å². The lowest BCUT2D eigenvalue weighted by atomic mass is 10.1. The van der Waals surface area contributed by atoms with E-state index in [1.54, 1.807) is 12.1 Å². The van der Waals surface area contributed by atoms with Gasteiger partial charge < -0.3 is 10.6 Å². The third-order valence-corrected chi connectivity index (χ3v) is 3.47. The number of carbonyl (C=O) groups excluding carboxylic acids is 3. The molecular weight excluding hydrogens is 350 g/mol. The van der Waals surface area contributed by atoms with Gasteiger partial charge in [-0.25, -0.2) is 0 Å². The Morgan fingerprint density at radius 1 is 1.04 bits per heavy atom. The number of amides is 2. The fourth-order valence-electron chi connectivity index (χ4n) is 1.91. The number of nitro benzene ring substituents is 1. The van der Waals surface area contributed by atoms with Gasteiger partial charge in [-0.2, -0.15) is 0 Å². The van der Waals surface area contributed by atoms with Crippen molar-refractivity contribution in [3.8, 4) is 0 Å². The molecule has 0 aliphatic carbocycles. The van der Waals surface area contributed by atoms with Crippen molar-refractivity contribution in [3.05, 3.63) is 63.2 Å². The molecule has 2 rings (SSSR count). The zero-order chi connectivity index (χ0) is 18.6. The number of hydrogen-bond donors (Lipinski definition) is 2. The smallest absolute Gasteiger partial charge is 0.314 e. The normalized spacial score (nSPS) is 10.0.